The molecule has 1 aromatic carbocycles. The first-order valence-corrected chi connectivity index (χ1v) is 6.02. The fourth-order valence-electron chi connectivity index (χ4n) is 1.81. The Bertz CT molecular complexity index is 661. The second-order valence-electron chi connectivity index (χ2n) is 4.26. The molecule has 0 fully saturated rings. The lowest BCUT2D eigenvalue weighted by atomic mass is 10.0. The predicted molar refractivity (Wildman–Crippen MR) is 71.1 cm³/mol. The zero-order chi connectivity index (χ0) is 15.5. The molecule has 0 aliphatic carbocycles. The monoisotopic (exact) mass is 295 g/mol. The van der Waals surface area contributed by atoms with E-state index in [-0.39, 0.29) is 12.5 Å². The van der Waals surface area contributed by atoms with Crippen LogP contribution in [-0.4, -0.2) is 16.1 Å². The van der Waals surface area contributed by atoms with Crippen molar-refractivity contribution in [1.29, 1.82) is 0 Å². The Morgan fingerprint density at radius 1 is 1.43 bits per heavy atom. The number of aromatic amines is 1. The average Bonchev–Trinajstić information content (AvgIpc) is 2.92. The van der Waals surface area contributed by atoms with Crippen LogP contribution in [0.25, 0.3) is 11.1 Å². The van der Waals surface area contributed by atoms with Crippen molar-refractivity contribution in [3.63, 3.8) is 0 Å². The van der Waals surface area contributed by atoms with E-state index in [1.807, 2.05) is 0 Å². The maximum Gasteiger partial charge on any atom is 0.416 e. The number of carbonyl (C=O) groups is 1. The van der Waals surface area contributed by atoms with E-state index < -0.39 is 11.7 Å². The second-order valence-corrected chi connectivity index (χ2v) is 4.26. The summed E-state index contributed by atoms with van der Waals surface area (Å²) in [5.74, 6) is -0.375. The van der Waals surface area contributed by atoms with Crippen LogP contribution in [0.1, 0.15) is 11.3 Å². The summed E-state index contributed by atoms with van der Waals surface area (Å²) < 4.78 is 38.2. The number of rotatable bonds is 4. The van der Waals surface area contributed by atoms with E-state index in [1.54, 1.807) is 6.07 Å². The summed E-state index contributed by atoms with van der Waals surface area (Å²) in [7, 11) is 0. The Morgan fingerprint density at radius 2 is 2.19 bits per heavy atom. The summed E-state index contributed by atoms with van der Waals surface area (Å²) in [6.45, 7) is 3.44. The maximum absolute atomic E-state index is 12.7. The van der Waals surface area contributed by atoms with Gasteiger partial charge in [-0.05, 0) is 23.8 Å². The second kappa shape index (κ2) is 5.82. The molecular formula is C14H12F3N3O. The van der Waals surface area contributed by atoms with Gasteiger partial charge in [-0.3, -0.25) is 9.89 Å². The van der Waals surface area contributed by atoms with E-state index in [4.69, 9.17) is 0 Å². The molecule has 4 nitrogen and oxygen atoms in total. The van der Waals surface area contributed by atoms with Crippen LogP contribution >= 0.6 is 0 Å². The molecule has 2 N–H and O–H groups in total. The minimum absolute atomic E-state index is 0.121. The van der Waals surface area contributed by atoms with Crippen LogP contribution in [0, 0.1) is 0 Å². The minimum atomic E-state index is -4.41. The van der Waals surface area contributed by atoms with Crippen molar-refractivity contribution in [3.8, 4) is 11.1 Å². The zero-order valence-corrected chi connectivity index (χ0v) is 10.9. The summed E-state index contributed by atoms with van der Waals surface area (Å²) in [6.07, 6.45) is -1.87. The fourth-order valence-corrected chi connectivity index (χ4v) is 1.81. The number of amides is 1. The Morgan fingerprint density at radius 3 is 2.86 bits per heavy atom. The van der Waals surface area contributed by atoms with E-state index in [0.717, 1.165) is 18.2 Å². The van der Waals surface area contributed by atoms with Crippen molar-refractivity contribution in [2.24, 2.45) is 0 Å². The summed E-state index contributed by atoms with van der Waals surface area (Å²) in [4.78, 5) is 11.1. The third-order valence-electron chi connectivity index (χ3n) is 2.84. The molecule has 0 radical (unpaired) electrons. The zero-order valence-electron chi connectivity index (χ0n) is 10.9. The molecule has 0 unspecified atom stereocenters. The molecule has 0 bridgehead atoms. The van der Waals surface area contributed by atoms with Crippen LogP contribution in [0.2, 0.25) is 0 Å². The highest BCUT2D eigenvalue weighted by molar-refractivity contribution is 5.86. The summed E-state index contributed by atoms with van der Waals surface area (Å²) in [5.41, 5.74) is 0.665. The van der Waals surface area contributed by atoms with E-state index >= 15 is 0 Å². The Balaban J connectivity index is 2.29. The highest BCUT2D eigenvalue weighted by atomic mass is 19.4. The topological polar surface area (TPSA) is 57.8 Å². The van der Waals surface area contributed by atoms with Gasteiger partial charge in [0.25, 0.3) is 0 Å². The van der Waals surface area contributed by atoms with Crippen LogP contribution in [0.15, 0.2) is 43.1 Å². The van der Waals surface area contributed by atoms with Gasteiger partial charge in [-0.25, -0.2) is 0 Å². The van der Waals surface area contributed by atoms with Gasteiger partial charge >= 0.3 is 6.18 Å². The molecular weight excluding hydrogens is 283 g/mol. The van der Waals surface area contributed by atoms with Gasteiger partial charge in [0.1, 0.15) is 0 Å². The van der Waals surface area contributed by atoms with Gasteiger partial charge in [-0.1, -0.05) is 18.7 Å². The summed E-state index contributed by atoms with van der Waals surface area (Å²) in [6, 6.07) is 4.93. The third-order valence-corrected chi connectivity index (χ3v) is 2.84. The standard InChI is InChI=1S/C14H12F3N3O/c1-2-13(21)18-8-12-11(7-19-20-12)9-4-3-5-10(6-9)14(15,16)17/h2-7H,1,8H2,(H,18,21)(H,19,20). The van der Waals surface area contributed by atoms with Gasteiger partial charge in [-0.15, -0.1) is 0 Å². The Kier molecular flexibility index (Phi) is 4.11. The van der Waals surface area contributed by atoms with E-state index in [1.165, 1.54) is 12.3 Å². The number of H-pyrrole nitrogens is 1. The number of nitrogens with one attached hydrogen (secondary N) is 2. The molecule has 0 saturated heterocycles. The quantitative estimate of drug-likeness (QED) is 0.852. The van der Waals surface area contributed by atoms with Gasteiger partial charge in [-0.2, -0.15) is 18.3 Å². The third kappa shape index (κ3) is 3.50. The number of halogens is 3. The predicted octanol–water partition coefficient (Wildman–Crippen LogP) is 2.90. The van der Waals surface area contributed by atoms with Gasteiger partial charge in [0.15, 0.2) is 0 Å². The van der Waals surface area contributed by atoms with E-state index in [2.05, 4.69) is 22.1 Å². The number of alkyl halides is 3. The lowest BCUT2D eigenvalue weighted by molar-refractivity contribution is -0.137. The number of nitrogens with zero attached hydrogens (tertiary/aromatic N) is 1. The molecule has 1 heterocycles. The Hall–Kier alpha value is -2.57. The molecule has 0 aliphatic rings. The van der Waals surface area contributed by atoms with Gasteiger partial charge in [0.2, 0.25) is 5.91 Å². The molecule has 0 spiro atoms. The van der Waals surface area contributed by atoms with Crippen molar-refractivity contribution in [2.75, 3.05) is 0 Å². The van der Waals surface area contributed by atoms with E-state index in [9.17, 15) is 18.0 Å². The minimum Gasteiger partial charge on any atom is -0.347 e. The molecule has 1 amide bonds. The summed E-state index contributed by atoms with van der Waals surface area (Å²) in [5, 5.41) is 9.01. The molecule has 110 valence electrons. The first kappa shape index (κ1) is 14.8. The maximum atomic E-state index is 12.7. The average molecular weight is 295 g/mol. The van der Waals surface area contributed by atoms with Crippen molar-refractivity contribution in [1.82, 2.24) is 15.5 Å². The SMILES string of the molecule is C=CC(=O)NCc1[nH]ncc1-c1cccc(C(F)(F)F)c1. The molecule has 2 aromatic rings. The largest absolute Gasteiger partial charge is 0.416 e. The fraction of sp³-hybridized carbons (Fsp3) is 0.143. The molecule has 21 heavy (non-hydrogen) atoms. The van der Waals surface area contributed by atoms with Crippen molar-refractivity contribution >= 4 is 5.91 Å². The van der Waals surface area contributed by atoms with Gasteiger partial charge in [0.05, 0.1) is 24.0 Å². The van der Waals surface area contributed by atoms with Crippen molar-refractivity contribution < 1.29 is 18.0 Å². The molecule has 0 atom stereocenters. The smallest absolute Gasteiger partial charge is 0.347 e. The van der Waals surface area contributed by atoms with Crippen molar-refractivity contribution in [2.45, 2.75) is 12.7 Å². The molecule has 2 rings (SSSR count). The van der Waals surface area contributed by atoms with Crippen molar-refractivity contribution in [3.05, 3.63) is 54.4 Å². The number of hydrogen-bond donors (Lipinski definition) is 2. The van der Waals surface area contributed by atoms with Gasteiger partial charge in [0, 0.05) is 5.56 Å². The number of aromatic nitrogens is 2. The highest BCUT2D eigenvalue weighted by Gasteiger charge is 2.30. The van der Waals surface area contributed by atoms with Gasteiger partial charge < -0.3 is 5.32 Å². The number of carbonyl (C=O) groups excluding carboxylic acids is 1. The highest BCUT2D eigenvalue weighted by Crippen LogP contribution is 2.32. The molecule has 0 aliphatic heterocycles. The lowest BCUT2D eigenvalue weighted by Crippen LogP contribution is -2.20. The van der Waals surface area contributed by atoms with Crippen LogP contribution in [0.3, 0.4) is 0 Å². The molecule has 1 aromatic heterocycles. The molecule has 0 saturated carbocycles. The van der Waals surface area contributed by atoms with Crippen LogP contribution < -0.4 is 5.32 Å². The van der Waals surface area contributed by atoms with Crippen LogP contribution in [0.5, 0.6) is 0 Å². The first-order chi connectivity index (χ1) is 9.91. The van der Waals surface area contributed by atoms with Crippen LogP contribution in [0.4, 0.5) is 13.2 Å². The first-order valence-electron chi connectivity index (χ1n) is 6.02. The normalized spacial score (nSPS) is 11.2. The Labute approximate surface area is 118 Å². The lowest BCUT2D eigenvalue weighted by Gasteiger charge is -2.09. The summed E-state index contributed by atoms with van der Waals surface area (Å²) >= 11 is 0. The molecule has 7 heteroatoms. The van der Waals surface area contributed by atoms with Crippen LogP contribution in [-0.2, 0) is 17.5 Å². The van der Waals surface area contributed by atoms with E-state index in [0.29, 0.717) is 16.8 Å². The number of hydrogen-bond acceptors (Lipinski definition) is 2. The number of benzene rings is 1.